The van der Waals surface area contributed by atoms with Crippen LogP contribution in [0.3, 0.4) is 0 Å². The van der Waals surface area contributed by atoms with E-state index in [1.54, 1.807) is 36.4 Å². The van der Waals surface area contributed by atoms with Crippen LogP contribution in [0, 0.1) is 11.3 Å². The molecule has 0 spiro atoms. The third-order valence-electron chi connectivity index (χ3n) is 3.04. The van der Waals surface area contributed by atoms with Crippen LogP contribution in [0.15, 0.2) is 53.4 Å². The van der Waals surface area contributed by atoms with Crippen LogP contribution in [-0.2, 0) is 9.84 Å². The van der Waals surface area contributed by atoms with Crippen molar-refractivity contribution in [2.24, 2.45) is 0 Å². The smallest absolute Gasteiger partial charge is 0.175 e. The topological polar surface area (TPSA) is 76.4 Å². The van der Waals surface area contributed by atoms with E-state index in [1.165, 1.54) is 18.4 Å². The van der Waals surface area contributed by atoms with Crippen molar-refractivity contribution >= 4 is 9.84 Å². The molecule has 5 nitrogen and oxygen atoms in total. The molecule has 0 heterocycles. The molecule has 2 rings (SSSR count). The zero-order valence-electron chi connectivity index (χ0n) is 12.7. The van der Waals surface area contributed by atoms with Crippen LogP contribution < -0.4 is 9.47 Å². The highest BCUT2D eigenvalue weighted by Gasteiger charge is 2.06. The number of rotatable bonds is 7. The van der Waals surface area contributed by atoms with Gasteiger partial charge in [0.25, 0.3) is 0 Å². The maximum Gasteiger partial charge on any atom is 0.175 e. The highest BCUT2D eigenvalue weighted by atomic mass is 32.2. The highest BCUT2D eigenvalue weighted by molar-refractivity contribution is 7.90. The van der Waals surface area contributed by atoms with Gasteiger partial charge in [0.2, 0.25) is 0 Å². The van der Waals surface area contributed by atoms with Crippen LogP contribution in [0.1, 0.15) is 12.0 Å². The molecule has 2 aromatic rings. The Morgan fingerprint density at radius 3 is 2.26 bits per heavy atom. The molecule has 120 valence electrons. The quantitative estimate of drug-likeness (QED) is 0.729. The summed E-state index contributed by atoms with van der Waals surface area (Å²) >= 11 is 0. The molecule has 0 aliphatic carbocycles. The number of hydrogen-bond acceptors (Lipinski definition) is 5. The maximum atomic E-state index is 11.3. The van der Waals surface area contributed by atoms with Gasteiger partial charge in [0.1, 0.15) is 11.5 Å². The molecule has 0 bridgehead atoms. The van der Waals surface area contributed by atoms with E-state index in [1.807, 2.05) is 0 Å². The van der Waals surface area contributed by atoms with E-state index in [9.17, 15) is 8.42 Å². The number of hydrogen-bond donors (Lipinski definition) is 0. The summed E-state index contributed by atoms with van der Waals surface area (Å²) in [6.45, 7) is 0.923. The summed E-state index contributed by atoms with van der Waals surface area (Å²) in [5.74, 6) is 1.27. The lowest BCUT2D eigenvalue weighted by atomic mass is 10.2. The molecule has 0 fully saturated rings. The Kier molecular flexibility index (Phi) is 5.61. The van der Waals surface area contributed by atoms with Crippen LogP contribution in [-0.4, -0.2) is 27.9 Å². The van der Waals surface area contributed by atoms with Crippen molar-refractivity contribution in [2.75, 3.05) is 19.5 Å². The summed E-state index contributed by atoms with van der Waals surface area (Å²) < 4.78 is 33.8. The molecule has 0 aliphatic heterocycles. The zero-order valence-corrected chi connectivity index (χ0v) is 13.5. The molecule has 0 N–H and O–H groups in total. The number of nitriles is 1. The average Bonchev–Trinajstić information content (AvgIpc) is 2.54. The van der Waals surface area contributed by atoms with Gasteiger partial charge in [0, 0.05) is 12.7 Å². The maximum absolute atomic E-state index is 11.3. The first kappa shape index (κ1) is 16.8. The van der Waals surface area contributed by atoms with Gasteiger partial charge in [-0.15, -0.1) is 0 Å². The van der Waals surface area contributed by atoms with E-state index < -0.39 is 9.84 Å². The van der Waals surface area contributed by atoms with E-state index in [-0.39, 0.29) is 4.90 Å². The van der Waals surface area contributed by atoms with E-state index in [2.05, 4.69) is 6.07 Å². The Labute approximate surface area is 136 Å². The lowest BCUT2D eigenvalue weighted by Gasteiger charge is -2.08. The molecule has 2 aromatic carbocycles. The molecule has 0 radical (unpaired) electrons. The monoisotopic (exact) mass is 331 g/mol. The molecule has 0 amide bonds. The average molecular weight is 331 g/mol. The Morgan fingerprint density at radius 1 is 1.00 bits per heavy atom. The van der Waals surface area contributed by atoms with Crippen molar-refractivity contribution in [3.8, 4) is 17.6 Å². The fraction of sp³-hybridized carbons (Fsp3) is 0.235. The van der Waals surface area contributed by atoms with E-state index >= 15 is 0 Å². The van der Waals surface area contributed by atoms with E-state index in [0.717, 1.165) is 0 Å². The van der Waals surface area contributed by atoms with Gasteiger partial charge in [-0.3, -0.25) is 0 Å². The van der Waals surface area contributed by atoms with Crippen molar-refractivity contribution < 1.29 is 17.9 Å². The number of nitrogens with zero attached hydrogens (tertiary/aromatic N) is 1. The van der Waals surface area contributed by atoms with Gasteiger partial charge < -0.3 is 9.47 Å². The molecule has 0 atom stereocenters. The number of ether oxygens (including phenoxy) is 2. The van der Waals surface area contributed by atoms with Crippen molar-refractivity contribution in [1.29, 1.82) is 5.26 Å². The molecule has 0 aromatic heterocycles. The molecule has 0 saturated heterocycles. The van der Waals surface area contributed by atoms with Gasteiger partial charge in [0.15, 0.2) is 9.84 Å². The van der Waals surface area contributed by atoms with Gasteiger partial charge in [0.05, 0.1) is 29.7 Å². The Hall–Kier alpha value is -2.52. The second kappa shape index (κ2) is 7.65. The normalized spacial score (nSPS) is 10.8. The van der Waals surface area contributed by atoms with Gasteiger partial charge >= 0.3 is 0 Å². The largest absolute Gasteiger partial charge is 0.493 e. The Morgan fingerprint density at radius 2 is 1.65 bits per heavy atom. The van der Waals surface area contributed by atoms with Crippen molar-refractivity contribution in [3.05, 3.63) is 54.1 Å². The van der Waals surface area contributed by atoms with Gasteiger partial charge in [-0.05, 0) is 42.5 Å². The minimum atomic E-state index is -3.18. The first-order valence-corrected chi connectivity index (χ1v) is 8.94. The summed E-state index contributed by atoms with van der Waals surface area (Å²) in [5, 5.41) is 8.80. The predicted octanol–water partition coefficient (Wildman–Crippen LogP) is 2.81. The van der Waals surface area contributed by atoms with E-state index in [0.29, 0.717) is 36.7 Å². The molecule has 0 saturated carbocycles. The van der Waals surface area contributed by atoms with Crippen LogP contribution in [0.5, 0.6) is 11.5 Å². The molecule has 0 unspecified atom stereocenters. The summed E-state index contributed by atoms with van der Waals surface area (Å²) in [6.07, 6.45) is 1.84. The molecule has 23 heavy (non-hydrogen) atoms. The van der Waals surface area contributed by atoms with Crippen molar-refractivity contribution in [1.82, 2.24) is 0 Å². The first-order chi connectivity index (χ1) is 11.0. The standard InChI is InChI=1S/C17H17NO4S/c1-23(19,20)17-8-6-15(7-9-17)21-10-3-11-22-16-5-2-4-14(12-16)13-18/h2,4-9,12H,3,10-11H2,1H3. The lowest BCUT2D eigenvalue weighted by molar-refractivity contribution is 0.247. The van der Waals surface area contributed by atoms with Crippen molar-refractivity contribution in [3.63, 3.8) is 0 Å². The van der Waals surface area contributed by atoms with Crippen LogP contribution >= 0.6 is 0 Å². The first-order valence-electron chi connectivity index (χ1n) is 7.05. The van der Waals surface area contributed by atoms with Gasteiger partial charge in [-0.25, -0.2) is 8.42 Å². The fourth-order valence-corrected chi connectivity index (χ4v) is 2.51. The minimum absolute atomic E-state index is 0.269. The SMILES string of the molecule is CS(=O)(=O)c1ccc(OCCCOc2cccc(C#N)c2)cc1. The second-order valence-electron chi connectivity index (χ2n) is 4.93. The van der Waals surface area contributed by atoms with Gasteiger partial charge in [-0.1, -0.05) is 6.07 Å². The second-order valence-corrected chi connectivity index (χ2v) is 6.95. The fourth-order valence-electron chi connectivity index (χ4n) is 1.88. The Bertz CT molecular complexity index is 792. The van der Waals surface area contributed by atoms with Crippen LogP contribution in [0.25, 0.3) is 0 Å². The third-order valence-corrected chi connectivity index (χ3v) is 4.17. The summed E-state index contributed by atoms with van der Waals surface area (Å²) in [7, 11) is -3.18. The lowest BCUT2D eigenvalue weighted by Crippen LogP contribution is -2.05. The van der Waals surface area contributed by atoms with Gasteiger partial charge in [-0.2, -0.15) is 5.26 Å². The molecule has 0 aliphatic rings. The molecular weight excluding hydrogens is 314 g/mol. The molecule has 6 heteroatoms. The predicted molar refractivity (Wildman–Crippen MR) is 86.3 cm³/mol. The van der Waals surface area contributed by atoms with Crippen molar-refractivity contribution in [2.45, 2.75) is 11.3 Å². The summed E-state index contributed by atoms with van der Waals surface area (Å²) in [6, 6.07) is 15.3. The minimum Gasteiger partial charge on any atom is -0.493 e. The zero-order chi connectivity index (χ0) is 16.7. The summed E-state index contributed by atoms with van der Waals surface area (Å²) in [4.78, 5) is 0.269. The number of benzene rings is 2. The van der Waals surface area contributed by atoms with E-state index in [4.69, 9.17) is 14.7 Å². The highest BCUT2D eigenvalue weighted by Crippen LogP contribution is 2.16. The Balaban J connectivity index is 1.74. The summed E-state index contributed by atoms with van der Waals surface area (Å²) in [5.41, 5.74) is 0.560. The third kappa shape index (κ3) is 5.31. The molecular formula is C17H17NO4S. The van der Waals surface area contributed by atoms with Crippen LogP contribution in [0.2, 0.25) is 0 Å². The number of sulfone groups is 1. The van der Waals surface area contributed by atoms with Crippen LogP contribution in [0.4, 0.5) is 0 Å².